The Bertz CT molecular complexity index is 645. The van der Waals surface area contributed by atoms with Gasteiger partial charge in [-0.25, -0.2) is 0 Å². The topological polar surface area (TPSA) is 32.3 Å². The molecule has 1 unspecified atom stereocenters. The van der Waals surface area contributed by atoms with Gasteiger partial charge in [-0.3, -0.25) is 4.72 Å². The maximum atomic E-state index is 10.6. The molecule has 0 aliphatic rings. The van der Waals surface area contributed by atoms with Crippen molar-refractivity contribution in [2.45, 2.75) is 63.9 Å². The summed E-state index contributed by atoms with van der Waals surface area (Å²) in [5, 5.41) is 10.6. The molecule has 0 radical (unpaired) electrons. The average Bonchev–Trinajstić information content (AvgIpc) is 2.72. The molecule has 0 bridgehead atoms. The summed E-state index contributed by atoms with van der Waals surface area (Å²) in [7, 11) is 0. The van der Waals surface area contributed by atoms with E-state index in [0.29, 0.717) is 0 Å². The number of allylic oxidation sites excluding steroid dienone is 4. The molecule has 0 spiro atoms. The van der Waals surface area contributed by atoms with Crippen LogP contribution in [0.15, 0.2) is 73.9 Å². The van der Waals surface area contributed by atoms with Crippen molar-refractivity contribution < 1.29 is 5.11 Å². The number of rotatable bonds is 17. The van der Waals surface area contributed by atoms with E-state index < -0.39 is 5.60 Å². The van der Waals surface area contributed by atoms with E-state index in [2.05, 4.69) is 55.3 Å². The highest BCUT2D eigenvalue weighted by molar-refractivity contribution is 7.97. The lowest BCUT2D eigenvalue weighted by atomic mass is 9.90. The zero-order chi connectivity index (χ0) is 21.5. The van der Waals surface area contributed by atoms with Gasteiger partial charge in [0, 0.05) is 12.3 Å². The van der Waals surface area contributed by atoms with Crippen LogP contribution >= 0.6 is 11.9 Å². The van der Waals surface area contributed by atoms with Gasteiger partial charge in [0.1, 0.15) is 0 Å². The molecule has 1 atom stereocenters. The molecule has 3 heteroatoms. The van der Waals surface area contributed by atoms with Crippen molar-refractivity contribution in [2.75, 3.05) is 12.3 Å². The molecule has 160 valence electrons. The van der Waals surface area contributed by atoms with Crippen LogP contribution in [0.5, 0.6) is 0 Å². The highest BCUT2D eigenvalue weighted by Crippen LogP contribution is 2.22. The van der Waals surface area contributed by atoms with E-state index in [9.17, 15) is 5.11 Å². The van der Waals surface area contributed by atoms with Gasteiger partial charge in [0.25, 0.3) is 0 Å². The van der Waals surface area contributed by atoms with Crippen LogP contribution in [-0.4, -0.2) is 23.0 Å². The Balaban J connectivity index is 2.22. The Morgan fingerprint density at radius 3 is 2.17 bits per heavy atom. The second kappa shape index (κ2) is 14.4. The molecular formula is C26H39NOS. The maximum Gasteiger partial charge on any atom is 0.0623 e. The molecule has 0 saturated heterocycles. The minimum absolute atomic E-state index is 0.605. The first-order valence-electron chi connectivity index (χ1n) is 10.6. The molecule has 1 rings (SSSR count). The largest absolute Gasteiger partial charge is 0.390 e. The maximum absolute atomic E-state index is 10.6. The quantitative estimate of drug-likeness (QED) is 0.172. The molecule has 0 aliphatic heterocycles. The highest BCUT2D eigenvalue weighted by atomic mass is 32.2. The van der Waals surface area contributed by atoms with Crippen molar-refractivity contribution in [3.8, 4) is 0 Å². The Morgan fingerprint density at radius 2 is 1.55 bits per heavy atom. The van der Waals surface area contributed by atoms with Crippen LogP contribution in [0.4, 0.5) is 0 Å². The number of nitrogens with one attached hydrogen (secondary N) is 1. The summed E-state index contributed by atoms with van der Waals surface area (Å²) in [5.41, 5.74) is 4.20. The van der Waals surface area contributed by atoms with Crippen LogP contribution in [-0.2, 0) is 12.8 Å². The average molecular weight is 414 g/mol. The second-order valence-electron chi connectivity index (χ2n) is 7.99. The van der Waals surface area contributed by atoms with Crippen LogP contribution in [0, 0.1) is 0 Å². The minimum Gasteiger partial charge on any atom is -0.390 e. The lowest BCUT2D eigenvalue weighted by Gasteiger charge is -2.23. The van der Waals surface area contributed by atoms with Gasteiger partial charge in [-0.15, -0.1) is 0 Å². The van der Waals surface area contributed by atoms with Gasteiger partial charge in [0.05, 0.1) is 5.60 Å². The van der Waals surface area contributed by atoms with Crippen molar-refractivity contribution in [1.29, 1.82) is 0 Å². The van der Waals surface area contributed by atoms with Gasteiger partial charge in [0.15, 0.2) is 0 Å². The predicted molar refractivity (Wildman–Crippen MR) is 131 cm³/mol. The number of hydrogen-bond acceptors (Lipinski definition) is 3. The van der Waals surface area contributed by atoms with Gasteiger partial charge < -0.3 is 5.11 Å². The monoisotopic (exact) mass is 413 g/mol. The van der Waals surface area contributed by atoms with Gasteiger partial charge in [-0.1, -0.05) is 92.2 Å². The van der Waals surface area contributed by atoms with Gasteiger partial charge in [-0.2, -0.15) is 0 Å². The fourth-order valence-electron chi connectivity index (χ4n) is 3.00. The van der Waals surface area contributed by atoms with Crippen LogP contribution in [0.3, 0.4) is 0 Å². The van der Waals surface area contributed by atoms with Crippen molar-refractivity contribution in [3.63, 3.8) is 0 Å². The Labute approximate surface area is 183 Å². The Kier molecular flexibility index (Phi) is 12.7. The zero-order valence-electron chi connectivity index (χ0n) is 18.2. The summed E-state index contributed by atoms with van der Waals surface area (Å²) in [5.74, 6) is 1.02. The normalized spacial score (nSPS) is 12.9. The van der Waals surface area contributed by atoms with E-state index in [4.69, 9.17) is 0 Å². The first-order valence-corrected chi connectivity index (χ1v) is 11.6. The summed E-state index contributed by atoms with van der Waals surface area (Å²) in [6, 6.07) is 8.80. The van der Waals surface area contributed by atoms with Crippen LogP contribution in [0.25, 0.3) is 0 Å². The van der Waals surface area contributed by atoms with Crippen molar-refractivity contribution in [1.82, 2.24) is 4.72 Å². The molecule has 0 amide bonds. The lowest BCUT2D eigenvalue weighted by Crippen LogP contribution is -2.24. The van der Waals surface area contributed by atoms with E-state index in [0.717, 1.165) is 74.8 Å². The first kappa shape index (κ1) is 25.5. The molecular weight excluding hydrogens is 374 g/mol. The molecule has 0 heterocycles. The third-order valence-corrected chi connectivity index (χ3v) is 5.98. The number of hydrogen-bond donors (Lipinski definition) is 2. The highest BCUT2D eigenvalue weighted by Gasteiger charge is 2.19. The van der Waals surface area contributed by atoms with Crippen LogP contribution in [0.1, 0.15) is 56.6 Å². The molecule has 0 aromatic heterocycles. The van der Waals surface area contributed by atoms with Crippen molar-refractivity contribution in [3.05, 3.63) is 85.0 Å². The lowest BCUT2D eigenvalue weighted by molar-refractivity contribution is 0.0398. The van der Waals surface area contributed by atoms with E-state index >= 15 is 0 Å². The SMILES string of the molecule is C=CC(=C)CCCCC(C)(O)CCc1ccc(CCNSCCC(=C)C=C)cc1. The fraction of sp³-hybridized carbons (Fsp3) is 0.462. The second-order valence-corrected chi connectivity index (χ2v) is 8.97. The first-order chi connectivity index (χ1) is 13.9. The fourth-order valence-corrected chi connectivity index (χ4v) is 3.75. The molecule has 2 nitrogen and oxygen atoms in total. The third-order valence-electron chi connectivity index (χ3n) is 5.16. The number of aliphatic hydroxyl groups is 1. The number of unbranched alkanes of at least 4 members (excludes halogenated alkanes) is 1. The summed E-state index contributed by atoms with van der Waals surface area (Å²) >= 11 is 1.74. The van der Waals surface area contributed by atoms with Crippen LogP contribution < -0.4 is 4.72 Å². The minimum atomic E-state index is -0.605. The predicted octanol–water partition coefficient (Wildman–Crippen LogP) is 6.59. The molecule has 1 aromatic rings. The summed E-state index contributed by atoms with van der Waals surface area (Å²) in [6.45, 7) is 18.2. The van der Waals surface area contributed by atoms with Gasteiger partial charge in [0.2, 0.25) is 0 Å². The summed E-state index contributed by atoms with van der Waals surface area (Å²) in [6.07, 6.45) is 11.2. The Morgan fingerprint density at radius 1 is 0.966 bits per heavy atom. The number of aryl methyl sites for hydroxylation is 1. The zero-order valence-corrected chi connectivity index (χ0v) is 19.0. The standard InChI is InChI=1S/C26H39NOS/c1-6-22(3)10-8-9-18-26(5,28)19-15-24-11-13-25(14-12-24)16-20-27-29-21-17-23(4)7-2/h6-7,11-14,27-28H,1-4,8-10,15-21H2,5H3. The van der Waals surface area contributed by atoms with E-state index in [1.807, 2.05) is 19.1 Å². The molecule has 0 saturated carbocycles. The third kappa shape index (κ3) is 12.6. The molecule has 0 fully saturated rings. The van der Waals surface area contributed by atoms with Gasteiger partial charge in [-0.05, 0) is 63.0 Å². The van der Waals surface area contributed by atoms with Crippen molar-refractivity contribution >= 4 is 11.9 Å². The molecule has 29 heavy (non-hydrogen) atoms. The van der Waals surface area contributed by atoms with Crippen LogP contribution in [0.2, 0.25) is 0 Å². The molecule has 0 aliphatic carbocycles. The molecule has 1 aromatic carbocycles. The summed E-state index contributed by atoms with van der Waals surface area (Å²) in [4.78, 5) is 0. The summed E-state index contributed by atoms with van der Waals surface area (Å²) < 4.78 is 3.41. The van der Waals surface area contributed by atoms with E-state index in [1.54, 1.807) is 11.9 Å². The Hall–Kier alpha value is -1.55. The smallest absolute Gasteiger partial charge is 0.0623 e. The number of benzene rings is 1. The van der Waals surface area contributed by atoms with E-state index in [1.165, 1.54) is 11.1 Å². The van der Waals surface area contributed by atoms with E-state index in [-0.39, 0.29) is 0 Å². The van der Waals surface area contributed by atoms with Gasteiger partial charge >= 0.3 is 0 Å². The van der Waals surface area contributed by atoms with Crippen molar-refractivity contribution in [2.24, 2.45) is 0 Å². The molecule has 2 N–H and O–H groups in total.